The highest BCUT2D eigenvalue weighted by Crippen LogP contribution is 2.31. The molecule has 2 aliphatic heterocycles. The van der Waals surface area contributed by atoms with Crippen molar-refractivity contribution in [1.29, 1.82) is 0 Å². The van der Waals surface area contributed by atoms with E-state index in [1.54, 1.807) is 0 Å². The number of hydrogen-bond donors (Lipinski definition) is 2. The first kappa shape index (κ1) is 25.4. The van der Waals surface area contributed by atoms with E-state index in [9.17, 15) is 23.3 Å². The molecule has 0 saturated carbocycles. The number of benzene rings is 1. The first-order chi connectivity index (χ1) is 15.7. The Morgan fingerprint density at radius 1 is 1.12 bits per heavy atom. The maximum atomic E-state index is 13.1. The van der Waals surface area contributed by atoms with Gasteiger partial charge in [-0.25, -0.2) is 8.42 Å². The number of sulfonamides is 1. The lowest BCUT2D eigenvalue weighted by atomic mass is 10.0. The van der Waals surface area contributed by atoms with Gasteiger partial charge in [0.15, 0.2) is 0 Å². The number of amides is 1. The van der Waals surface area contributed by atoms with Gasteiger partial charge in [0.05, 0.1) is 16.4 Å². The van der Waals surface area contributed by atoms with E-state index in [-0.39, 0.29) is 28.6 Å². The summed E-state index contributed by atoms with van der Waals surface area (Å²) in [5.41, 5.74) is 0.0930. The van der Waals surface area contributed by atoms with Crippen LogP contribution in [0.1, 0.15) is 52.4 Å². The van der Waals surface area contributed by atoms with Crippen LogP contribution >= 0.6 is 0 Å². The van der Waals surface area contributed by atoms with Crippen LogP contribution in [0.3, 0.4) is 0 Å². The van der Waals surface area contributed by atoms with E-state index in [1.807, 2.05) is 13.8 Å². The molecule has 1 amide bonds. The fourth-order valence-electron chi connectivity index (χ4n) is 4.40. The Hall–Kier alpha value is -2.24. The molecule has 0 aromatic heterocycles. The van der Waals surface area contributed by atoms with Gasteiger partial charge in [-0.1, -0.05) is 12.8 Å². The van der Waals surface area contributed by atoms with Gasteiger partial charge in [-0.15, -0.1) is 0 Å². The molecule has 0 bridgehead atoms. The van der Waals surface area contributed by atoms with Gasteiger partial charge < -0.3 is 10.6 Å². The average Bonchev–Trinajstić information content (AvgIpc) is 3.05. The topological polar surface area (TPSA) is 125 Å². The Kier molecular flexibility index (Phi) is 8.66. The van der Waals surface area contributed by atoms with Crippen molar-refractivity contribution in [3.05, 3.63) is 28.3 Å². The van der Waals surface area contributed by atoms with Crippen molar-refractivity contribution < 1.29 is 18.1 Å². The van der Waals surface area contributed by atoms with Crippen LogP contribution in [0.5, 0.6) is 0 Å². The lowest BCUT2D eigenvalue weighted by molar-refractivity contribution is -0.384. The zero-order valence-electron chi connectivity index (χ0n) is 19.5. The second-order valence-electron chi connectivity index (χ2n) is 9.17. The number of nitro groups is 1. The van der Waals surface area contributed by atoms with Gasteiger partial charge in [0, 0.05) is 44.3 Å². The smallest absolute Gasteiger partial charge is 0.293 e. The van der Waals surface area contributed by atoms with E-state index >= 15 is 0 Å². The number of nitro benzene ring substituents is 1. The van der Waals surface area contributed by atoms with Crippen LogP contribution in [0.15, 0.2) is 23.1 Å². The SMILES string of the molecule is CC(C)NC(=O)CN1CCC(Nc2ccc(S(=O)(=O)N3CCCCCC3)cc2[N+](=O)[O-])CC1. The molecular weight excluding hydrogens is 446 g/mol. The van der Waals surface area contributed by atoms with Crippen LogP contribution in [0.4, 0.5) is 11.4 Å². The van der Waals surface area contributed by atoms with E-state index in [1.165, 1.54) is 22.5 Å². The Morgan fingerprint density at radius 2 is 1.76 bits per heavy atom. The number of nitrogens with zero attached hydrogens (tertiary/aromatic N) is 3. The minimum Gasteiger partial charge on any atom is -0.377 e. The molecule has 184 valence electrons. The number of nitrogens with one attached hydrogen (secondary N) is 2. The highest BCUT2D eigenvalue weighted by atomic mass is 32.2. The van der Waals surface area contributed by atoms with Crippen molar-refractivity contribution in [2.75, 3.05) is 38.0 Å². The summed E-state index contributed by atoms with van der Waals surface area (Å²) in [5, 5.41) is 17.8. The molecule has 2 fully saturated rings. The average molecular weight is 482 g/mol. The summed E-state index contributed by atoms with van der Waals surface area (Å²) in [6.07, 6.45) is 5.07. The van der Waals surface area contributed by atoms with Crippen LogP contribution in [0.25, 0.3) is 0 Å². The van der Waals surface area contributed by atoms with E-state index in [4.69, 9.17) is 0 Å². The molecule has 11 heteroatoms. The number of rotatable bonds is 8. The Bertz CT molecular complexity index is 936. The number of anilines is 1. The molecule has 1 aromatic carbocycles. The third-order valence-electron chi connectivity index (χ3n) is 6.13. The monoisotopic (exact) mass is 481 g/mol. The van der Waals surface area contributed by atoms with E-state index < -0.39 is 14.9 Å². The summed E-state index contributed by atoms with van der Waals surface area (Å²) < 4.78 is 27.5. The molecule has 2 heterocycles. The number of piperidine rings is 1. The van der Waals surface area contributed by atoms with Gasteiger partial charge >= 0.3 is 0 Å². The summed E-state index contributed by atoms with van der Waals surface area (Å²) in [6.45, 7) is 6.50. The van der Waals surface area contributed by atoms with E-state index in [0.717, 1.165) is 38.5 Å². The molecule has 2 aliphatic rings. The van der Waals surface area contributed by atoms with Gasteiger partial charge in [-0.3, -0.25) is 19.8 Å². The molecule has 10 nitrogen and oxygen atoms in total. The molecule has 33 heavy (non-hydrogen) atoms. The van der Waals surface area contributed by atoms with Crippen molar-refractivity contribution >= 4 is 27.3 Å². The normalized spacial score (nSPS) is 19.2. The van der Waals surface area contributed by atoms with Gasteiger partial charge in [-0.05, 0) is 51.7 Å². The summed E-state index contributed by atoms with van der Waals surface area (Å²) in [6, 6.07) is 4.25. The second-order valence-corrected chi connectivity index (χ2v) is 11.1. The number of likely N-dealkylation sites (tertiary alicyclic amines) is 1. The van der Waals surface area contributed by atoms with Crippen LogP contribution in [0.2, 0.25) is 0 Å². The van der Waals surface area contributed by atoms with Crippen LogP contribution < -0.4 is 10.6 Å². The second kappa shape index (κ2) is 11.3. The molecule has 0 spiro atoms. The molecule has 0 unspecified atom stereocenters. The van der Waals surface area contributed by atoms with E-state index in [0.29, 0.717) is 38.4 Å². The van der Waals surface area contributed by atoms with Crippen molar-refractivity contribution in [2.45, 2.75) is 69.4 Å². The predicted molar refractivity (Wildman–Crippen MR) is 127 cm³/mol. The molecule has 2 saturated heterocycles. The van der Waals surface area contributed by atoms with Crippen molar-refractivity contribution in [2.24, 2.45) is 0 Å². The van der Waals surface area contributed by atoms with Gasteiger partial charge in [0.25, 0.3) is 5.69 Å². The predicted octanol–water partition coefficient (Wildman–Crippen LogP) is 2.56. The summed E-state index contributed by atoms with van der Waals surface area (Å²) in [5.74, 6) is -0.00625. The molecule has 0 atom stereocenters. The lowest BCUT2D eigenvalue weighted by Crippen LogP contribution is -2.45. The largest absolute Gasteiger partial charge is 0.377 e. The van der Waals surface area contributed by atoms with Crippen molar-refractivity contribution in [3.8, 4) is 0 Å². The fourth-order valence-corrected chi connectivity index (χ4v) is 5.94. The van der Waals surface area contributed by atoms with E-state index in [2.05, 4.69) is 15.5 Å². The summed E-state index contributed by atoms with van der Waals surface area (Å²) >= 11 is 0. The minimum absolute atomic E-state index is 0.00625. The Balaban J connectivity index is 1.66. The highest BCUT2D eigenvalue weighted by Gasteiger charge is 2.29. The van der Waals surface area contributed by atoms with Crippen LogP contribution in [0, 0.1) is 10.1 Å². The fraction of sp³-hybridized carbons (Fsp3) is 0.682. The molecule has 2 N–H and O–H groups in total. The molecule has 3 rings (SSSR count). The van der Waals surface area contributed by atoms with Crippen molar-refractivity contribution in [1.82, 2.24) is 14.5 Å². The Morgan fingerprint density at radius 3 is 2.33 bits per heavy atom. The third kappa shape index (κ3) is 6.87. The quantitative estimate of drug-likeness (QED) is 0.432. The summed E-state index contributed by atoms with van der Waals surface area (Å²) in [4.78, 5) is 25.2. The van der Waals surface area contributed by atoms with Gasteiger partial charge in [-0.2, -0.15) is 4.31 Å². The molecule has 1 aromatic rings. The number of hydrogen-bond acceptors (Lipinski definition) is 7. The van der Waals surface area contributed by atoms with Crippen LogP contribution in [-0.4, -0.2) is 73.3 Å². The third-order valence-corrected chi connectivity index (χ3v) is 8.03. The molecule has 0 radical (unpaired) electrons. The Labute approximate surface area is 195 Å². The first-order valence-electron chi connectivity index (χ1n) is 11.7. The van der Waals surface area contributed by atoms with Gasteiger partial charge in [0.1, 0.15) is 5.69 Å². The molecule has 0 aliphatic carbocycles. The lowest BCUT2D eigenvalue weighted by Gasteiger charge is -2.32. The first-order valence-corrected chi connectivity index (χ1v) is 13.2. The standard InChI is InChI=1S/C22H35N5O5S/c1-17(2)23-22(28)16-25-13-9-18(10-14-25)24-20-8-7-19(15-21(20)27(29)30)33(31,32)26-11-5-3-4-6-12-26/h7-8,15,17-18,24H,3-6,9-14,16H2,1-2H3,(H,23,28). The minimum atomic E-state index is -3.76. The maximum Gasteiger partial charge on any atom is 0.293 e. The highest BCUT2D eigenvalue weighted by molar-refractivity contribution is 7.89. The zero-order valence-corrected chi connectivity index (χ0v) is 20.3. The van der Waals surface area contributed by atoms with Crippen molar-refractivity contribution in [3.63, 3.8) is 0 Å². The maximum absolute atomic E-state index is 13.1. The van der Waals surface area contributed by atoms with Gasteiger partial charge in [0.2, 0.25) is 15.9 Å². The molecular formula is C22H35N5O5S. The number of carbonyl (C=O) groups excluding carboxylic acids is 1. The van der Waals surface area contributed by atoms with Crippen LogP contribution in [-0.2, 0) is 14.8 Å². The zero-order chi connectivity index (χ0) is 24.0. The summed E-state index contributed by atoms with van der Waals surface area (Å²) in [7, 11) is -3.76. The number of carbonyl (C=O) groups is 1.